The van der Waals surface area contributed by atoms with Crippen LogP contribution in [-0.2, 0) is 6.54 Å². The van der Waals surface area contributed by atoms with E-state index in [-0.39, 0.29) is 0 Å². The summed E-state index contributed by atoms with van der Waals surface area (Å²) in [7, 11) is 1.95. The van der Waals surface area contributed by atoms with Gasteiger partial charge in [-0.25, -0.2) is 0 Å². The Labute approximate surface area is 84.1 Å². The molecule has 1 aromatic rings. The monoisotopic (exact) mass is 195 g/mol. The van der Waals surface area contributed by atoms with Crippen molar-refractivity contribution in [2.45, 2.75) is 25.3 Å². The van der Waals surface area contributed by atoms with Crippen molar-refractivity contribution >= 4 is 11.6 Å². The summed E-state index contributed by atoms with van der Waals surface area (Å²) in [5.41, 5.74) is 2.60. The number of hydrogen-bond donors (Lipinski definition) is 1. The van der Waals surface area contributed by atoms with Gasteiger partial charge in [0.2, 0.25) is 0 Å². The maximum absolute atomic E-state index is 6.17. The lowest BCUT2D eigenvalue weighted by molar-refractivity contribution is 0.817. The second kappa shape index (κ2) is 3.69. The number of benzene rings is 1. The fraction of sp³-hybridized carbons (Fsp3) is 0.455. The Hall–Kier alpha value is -0.530. The van der Waals surface area contributed by atoms with Crippen molar-refractivity contribution in [3.8, 4) is 0 Å². The summed E-state index contributed by atoms with van der Waals surface area (Å²) in [6.45, 7) is 0.894. The number of hydrogen-bond acceptors (Lipinski definition) is 1. The Kier molecular flexibility index (Phi) is 2.56. The van der Waals surface area contributed by atoms with Crippen molar-refractivity contribution in [2.24, 2.45) is 0 Å². The molecular weight excluding hydrogens is 182 g/mol. The minimum absolute atomic E-state index is 0.746. The first-order valence-electron chi connectivity index (χ1n) is 4.74. The maximum atomic E-state index is 6.17. The predicted octanol–water partition coefficient (Wildman–Crippen LogP) is 2.94. The van der Waals surface area contributed by atoms with Crippen molar-refractivity contribution in [1.29, 1.82) is 0 Å². The highest BCUT2D eigenvalue weighted by Gasteiger charge is 2.25. The van der Waals surface area contributed by atoms with E-state index in [1.165, 1.54) is 24.0 Å². The van der Waals surface area contributed by atoms with E-state index in [1.807, 2.05) is 7.05 Å². The topological polar surface area (TPSA) is 12.0 Å². The van der Waals surface area contributed by atoms with Gasteiger partial charge in [0.15, 0.2) is 0 Å². The normalized spacial score (nSPS) is 16.2. The molecule has 0 aliphatic heterocycles. The van der Waals surface area contributed by atoms with E-state index < -0.39 is 0 Å². The fourth-order valence-corrected chi connectivity index (χ4v) is 1.97. The molecule has 1 nitrogen and oxygen atoms in total. The van der Waals surface area contributed by atoms with Crippen molar-refractivity contribution in [3.05, 3.63) is 34.3 Å². The van der Waals surface area contributed by atoms with Gasteiger partial charge in [-0.1, -0.05) is 23.7 Å². The zero-order valence-electron chi connectivity index (χ0n) is 7.81. The van der Waals surface area contributed by atoms with Gasteiger partial charge in [0.25, 0.3) is 0 Å². The van der Waals surface area contributed by atoms with Crippen LogP contribution in [0.3, 0.4) is 0 Å². The molecule has 0 spiro atoms. The molecule has 0 atom stereocenters. The largest absolute Gasteiger partial charge is 0.316 e. The molecule has 1 fully saturated rings. The summed E-state index contributed by atoms with van der Waals surface area (Å²) in [5, 5.41) is 4.06. The van der Waals surface area contributed by atoms with Crippen LogP contribution in [0.25, 0.3) is 0 Å². The molecule has 2 rings (SSSR count). The molecule has 13 heavy (non-hydrogen) atoms. The van der Waals surface area contributed by atoms with Crippen LogP contribution in [0.15, 0.2) is 18.2 Å². The Morgan fingerprint density at radius 1 is 1.46 bits per heavy atom. The van der Waals surface area contributed by atoms with Crippen LogP contribution < -0.4 is 5.32 Å². The molecule has 0 bridgehead atoms. The van der Waals surface area contributed by atoms with Gasteiger partial charge in [0.1, 0.15) is 0 Å². The van der Waals surface area contributed by atoms with Crippen LogP contribution in [0, 0.1) is 0 Å². The third-order valence-electron chi connectivity index (χ3n) is 2.46. The highest BCUT2D eigenvalue weighted by atomic mass is 35.5. The Morgan fingerprint density at radius 2 is 2.23 bits per heavy atom. The van der Waals surface area contributed by atoms with Gasteiger partial charge in [-0.15, -0.1) is 0 Å². The SMILES string of the molecule is CNCc1ccc(C2CC2)c(Cl)c1. The molecule has 0 radical (unpaired) electrons. The van der Waals surface area contributed by atoms with Crippen LogP contribution in [0.5, 0.6) is 0 Å². The summed E-state index contributed by atoms with van der Waals surface area (Å²) in [6.07, 6.45) is 2.62. The number of halogens is 1. The standard InChI is InChI=1S/C11H14ClN/c1-13-7-8-2-5-10(9-3-4-9)11(12)6-8/h2,5-6,9,13H,3-4,7H2,1H3. The minimum atomic E-state index is 0.746. The van der Waals surface area contributed by atoms with Gasteiger partial charge in [-0.2, -0.15) is 0 Å². The van der Waals surface area contributed by atoms with Crippen LogP contribution >= 0.6 is 11.6 Å². The molecule has 1 N–H and O–H groups in total. The van der Waals surface area contributed by atoms with Crippen LogP contribution in [0.2, 0.25) is 5.02 Å². The van der Waals surface area contributed by atoms with Crippen molar-refractivity contribution in [1.82, 2.24) is 5.32 Å². The molecule has 1 saturated carbocycles. The summed E-state index contributed by atoms with van der Waals surface area (Å²) in [4.78, 5) is 0. The molecule has 1 aliphatic rings. The van der Waals surface area contributed by atoms with Crippen LogP contribution in [0.4, 0.5) is 0 Å². The van der Waals surface area contributed by atoms with Gasteiger partial charge in [-0.05, 0) is 43.0 Å². The second-order valence-electron chi connectivity index (χ2n) is 3.66. The fourth-order valence-electron chi connectivity index (χ4n) is 1.61. The van der Waals surface area contributed by atoms with E-state index in [1.54, 1.807) is 0 Å². The molecule has 1 aliphatic carbocycles. The first-order valence-corrected chi connectivity index (χ1v) is 5.12. The van der Waals surface area contributed by atoms with Gasteiger partial charge in [-0.3, -0.25) is 0 Å². The van der Waals surface area contributed by atoms with E-state index >= 15 is 0 Å². The third kappa shape index (κ3) is 2.04. The highest BCUT2D eigenvalue weighted by molar-refractivity contribution is 6.31. The molecular formula is C11H14ClN. The molecule has 0 heterocycles. The lowest BCUT2D eigenvalue weighted by atomic mass is 10.1. The summed E-state index contributed by atoms with van der Waals surface area (Å²) < 4.78 is 0. The van der Waals surface area contributed by atoms with Crippen molar-refractivity contribution < 1.29 is 0 Å². The predicted molar refractivity (Wildman–Crippen MR) is 56.2 cm³/mol. The van der Waals surface area contributed by atoms with E-state index in [0.717, 1.165) is 17.5 Å². The van der Waals surface area contributed by atoms with Crippen LogP contribution in [0.1, 0.15) is 29.9 Å². The highest BCUT2D eigenvalue weighted by Crippen LogP contribution is 2.43. The van der Waals surface area contributed by atoms with E-state index in [0.29, 0.717) is 0 Å². The molecule has 0 saturated heterocycles. The quantitative estimate of drug-likeness (QED) is 0.782. The summed E-state index contributed by atoms with van der Waals surface area (Å²) in [5.74, 6) is 0.746. The molecule has 0 aromatic heterocycles. The minimum Gasteiger partial charge on any atom is -0.316 e. The summed E-state index contributed by atoms with van der Waals surface area (Å²) in [6, 6.07) is 6.41. The van der Waals surface area contributed by atoms with E-state index in [2.05, 4.69) is 23.5 Å². The zero-order valence-corrected chi connectivity index (χ0v) is 8.56. The average molecular weight is 196 g/mol. The lowest BCUT2D eigenvalue weighted by Gasteiger charge is -2.05. The van der Waals surface area contributed by atoms with Crippen LogP contribution in [-0.4, -0.2) is 7.05 Å². The Morgan fingerprint density at radius 3 is 2.77 bits per heavy atom. The zero-order chi connectivity index (χ0) is 9.26. The smallest absolute Gasteiger partial charge is 0.0444 e. The summed E-state index contributed by atoms with van der Waals surface area (Å²) >= 11 is 6.17. The second-order valence-corrected chi connectivity index (χ2v) is 4.07. The van der Waals surface area contributed by atoms with Crippen molar-refractivity contribution in [3.63, 3.8) is 0 Å². The Bertz CT molecular complexity index is 305. The average Bonchev–Trinajstić information content (AvgIpc) is 2.88. The molecule has 0 unspecified atom stereocenters. The van der Waals surface area contributed by atoms with Gasteiger partial charge < -0.3 is 5.32 Å². The van der Waals surface area contributed by atoms with Crippen molar-refractivity contribution in [2.75, 3.05) is 7.05 Å². The number of nitrogens with one attached hydrogen (secondary N) is 1. The lowest BCUT2D eigenvalue weighted by Crippen LogP contribution is -2.04. The van der Waals surface area contributed by atoms with Gasteiger partial charge in [0.05, 0.1) is 0 Å². The molecule has 70 valence electrons. The third-order valence-corrected chi connectivity index (χ3v) is 2.79. The van der Waals surface area contributed by atoms with E-state index in [4.69, 9.17) is 11.6 Å². The van der Waals surface area contributed by atoms with Gasteiger partial charge >= 0.3 is 0 Å². The molecule has 1 aromatic carbocycles. The van der Waals surface area contributed by atoms with Gasteiger partial charge in [0, 0.05) is 11.6 Å². The van der Waals surface area contributed by atoms with E-state index in [9.17, 15) is 0 Å². The first-order chi connectivity index (χ1) is 6.31. The molecule has 2 heteroatoms. The Balaban J connectivity index is 2.21. The molecule has 0 amide bonds. The first kappa shape index (κ1) is 9.04. The maximum Gasteiger partial charge on any atom is 0.0444 e. The number of rotatable bonds is 3.